The minimum atomic E-state index is 0.362. The fraction of sp³-hybridized carbons (Fsp3) is 0.200. The summed E-state index contributed by atoms with van der Waals surface area (Å²) in [4.78, 5) is 0. The monoisotopic (exact) mass is 226 g/mol. The van der Waals surface area contributed by atoms with Crippen LogP contribution in [0.4, 0.5) is 0 Å². The molecule has 3 rings (SSSR count). The molecule has 17 heavy (non-hydrogen) atoms. The Kier molecular flexibility index (Phi) is 2.29. The molecule has 0 saturated carbocycles. The molecule has 2 aromatic rings. The first-order chi connectivity index (χ1) is 8.29. The van der Waals surface area contributed by atoms with Gasteiger partial charge in [0.25, 0.3) is 0 Å². The Labute approximate surface area is 101 Å². The summed E-state index contributed by atoms with van der Waals surface area (Å²) in [5, 5.41) is 0. The van der Waals surface area contributed by atoms with Crippen LogP contribution in [0.5, 0.6) is 17.2 Å². The highest BCUT2D eigenvalue weighted by Crippen LogP contribution is 2.44. The van der Waals surface area contributed by atoms with Crippen molar-refractivity contribution >= 4 is 0 Å². The van der Waals surface area contributed by atoms with Crippen LogP contribution in [-0.2, 0) is 0 Å². The molecule has 2 aromatic carbocycles. The Bertz CT molecular complexity index is 561. The number of fused-ring (bicyclic) bond motifs is 2. The van der Waals surface area contributed by atoms with Crippen LogP contribution < -0.4 is 9.47 Å². The molecule has 86 valence electrons. The molecule has 0 aliphatic carbocycles. The van der Waals surface area contributed by atoms with E-state index in [4.69, 9.17) is 9.47 Å². The van der Waals surface area contributed by atoms with Crippen molar-refractivity contribution in [2.24, 2.45) is 0 Å². The zero-order chi connectivity index (χ0) is 11.8. The summed E-state index contributed by atoms with van der Waals surface area (Å²) in [6.45, 7) is 2.20. The predicted molar refractivity (Wildman–Crippen MR) is 67.0 cm³/mol. The Morgan fingerprint density at radius 2 is 1.76 bits per heavy atom. The quantitative estimate of drug-likeness (QED) is 0.733. The van der Waals surface area contributed by atoms with E-state index < -0.39 is 0 Å². The molecule has 0 aromatic heterocycles. The van der Waals surface area contributed by atoms with Crippen LogP contribution in [0.3, 0.4) is 0 Å². The summed E-state index contributed by atoms with van der Waals surface area (Å²) in [6.07, 6.45) is 0. The number of ether oxygens (including phenoxy) is 2. The van der Waals surface area contributed by atoms with Gasteiger partial charge in [-0.3, -0.25) is 0 Å². The van der Waals surface area contributed by atoms with Crippen molar-refractivity contribution in [2.45, 2.75) is 12.8 Å². The molecule has 0 bridgehead atoms. The molecular weight excluding hydrogens is 212 g/mol. The van der Waals surface area contributed by atoms with Crippen molar-refractivity contribution in [1.29, 1.82) is 0 Å². The van der Waals surface area contributed by atoms with E-state index in [0.29, 0.717) is 5.92 Å². The summed E-state index contributed by atoms with van der Waals surface area (Å²) in [7, 11) is 1.67. The maximum atomic E-state index is 5.91. The maximum Gasteiger partial charge on any atom is 0.134 e. The molecule has 0 amide bonds. The molecule has 0 N–H and O–H groups in total. The normalized spacial score (nSPS) is 16.7. The second-order valence-electron chi connectivity index (χ2n) is 4.27. The zero-order valence-electron chi connectivity index (χ0n) is 9.94. The van der Waals surface area contributed by atoms with Gasteiger partial charge in [-0.15, -0.1) is 0 Å². The molecule has 1 aliphatic heterocycles. The molecule has 0 radical (unpaired) electrons. The molecule has 2 heteroatoms. The number of hydrogen-bond acceptors (Lipinski definition) is 2. The third-order valence-corrected chi connectivity index (χ3v) is 3.29. The highest BCUT2D eigenvalue weighted by atomic mass is 16.5. The molecule has 1 heterocycles. The summed E-state index contributed by atoms with van der Waals surface area (Å²) in [5.41, 5.74) is 2.45. The highest BCUT2D eigenvalue weighted by Gasteiger charge is 2.23. The van der Waals surface area contributed by atoms with E-state index in [1.165, 1.54) is 11.1 Å². The third-order valence-electron chi connectivity index (χ3n) is 3.29. The Hall–Kier alpha value is -1.96. The van der Waals surface area contributed by atoms with E-state index in [1.807, 2.05) is 30.3 Å². The van der Waals surface area contributed by atoms with Gasteiger partial charge in [0.1, 0.15) is 17.2 Å². The number of para-hydroxylation sites is 1. The fourth-order valence-electron chi connectivity index (χ4n) is 2.30. The van der Waals surface area contributed by atoms with Crippen LogP contribution in [-0.4, -0.2) is 7.11 Å². The van der Waals surface area contributed by atoms with Gasteiger partial charge in [-0.25, -0.2) is 0 Å². The van der Waals surface area contributed by atoms with Gasteiger partial charge in [-0.2, -0.15) is 0 Å². The van der Waals surface area contributed by atoms with Crippen molar-refractivity contribution in [1.82, 2.24) is 0 Å². The van der Waals surface area contributed by atoms with E-state index in [-0.39, 0.29) is 0 Å². The van der Waals surface area contributed by atoms with E-state index in [2.05, 4.69) is 19.1 Å². The lowest BCUT2D eigenvalue weighted by Gasteiger charge is -2.25. The topological polar surface area (TPSA) is 18.5 Å². The summed E-state index contributed by atoms with van der Waals surface area (Å²) in [6, 6.07) is 14.2. The third kappa shape index (κ3) is 1.57. The van der Waals surface area contributed by atoms with Gasteiger partial charge in [0.05, 0.1) is 7.11 Å². The number of rotatable bonds is 1. The van der Waals surface area contributed by atoms with E-state index in [9.17, 15) is 0 Å². The summed E-state index contributed by atoms with van der Waals surface area (Å²) in [5.74, 6) is 3.03. The van der Waals surface area contributed by atoms with Crippen molar-refractivity contribution in [3.8, 4) is 17.2 Å². The molecule has 0 spiro atoms. The zero-order valence-corrected chi connectivity index (χ0v) is 9.94. The standard InChI is InChI=1S/C15H14O2/c1-10-12-5-3-4-6-14(12)17-15-9-11(16-2)7-8-13(10)15/h3-10H,1-2H3. The maximum absolute atomic E-state index is 5.91. The van der Waals surface area contributed by atoms with E-state index in [0.717, 1.165) is 17.2 Å². The van der Waals surface area contributed by atoms with Crippen molar-refractivity contribution < 1.29 is 9.47 Å². The van der Waals surface area contributed by atoms with Crippen molar-refractivity contribution in [3.05, 3.63) is 53.6 Å². The van der Waals surface area contributed by atoms with Crippen LogP contribution in [0, 0.1) is 0 Å². The molecule has 1 atom stereocenters. The Morgan fingerprint density at radius 3 is 2.59 bits per heavy atom. The van der Waals surface area contributed by atoms with Gasteiger partial charge in [-0.1, -0.05) is 31.2 Å². The van der Waals surface area contributed by atoms with Crippen LogP contribution in [0.25, 0.3) is 0 Å². The van der Waals surface area contributed by atoms with Gasteiger partial charge in [-0.05, 0) is 12.1 Å². The first kappa shape index (κ1) is 10.2. The Balaban J connectivity index is 2.12. The number of hydrogen-bond donors (Lipinski definition) is 0. The number of methoxy groups -OCH3 is 1. The van der Waals surface area contributed by atoms with E-state index in [1.54, 1.807) is 7.11 Å². The number of benzene rings is 2. The first-order valence-corrected chi connectivity index (χ1v) is 5.74. The molecule has 1 aliphatic rings. The highest BCUT2D eigenvalue weighted by molar-refractivity contribution is 5.54. The second kappa shape index (κ2) is 3.81. The van der Waals surface area contributed by atoms with Crippen LogP contribution in [0.2, 0.25) is 0 Å². The van der Waals surface area contributed by atoms with Crippen LogP contribution in [0.15, 0.2) is 42.5 Å². The summed E-state index contributed by atoms with van der Waals surface area (Å²) < 4.78 is 11.1. The van der Waals surface area contributed by atoms with Gasteiger partial charge >= 0.3 is 0 Å². The van der Waals surface area contributed by atoms with Gasteiger partial charge in [0, 0.05) is 23.1 Å². The fourth-order valence-corrected chi connectivity index (χ4v) is 2.30. The average molecular weight is 226 g/mol. The van der Waals surface area contributed by atoms with Crippen molar-refractivity contribution in [3.63, 3.8) is 0 Å². The van der Waals surface area contributed by atoms with Crippen LogP contribution >= 0.6 is 0 Å². The lowest BCUT2D eigenvalue weighted by atomic mass is 9.90. The first-order valence-electron chi connectivity index (χ1n) is 5.74. The van der Waals surface area contributed by atoms with Gasteiger partial charge < -0.3 is 9.47 Å². The minimum absolute atomic E-state index is 0.362. The molecule has 1 unspecified atom stereocenters. The van der Waals surface area contributed by atoms with Gasteiger partial charge in [0.15, 0.2) is 0 Å². The molecular formula is C15H14O2. The molecule has 0 saturated heterocycles. The summed E-state index contributed by atoms with van der Waals surface area (Å²) >= 11 is 0. The SMILES string of the molecule is COc1ccc2c(c1)Oc1ccccc1C2C. The smallest absolute Gasteiger partial charge is 0.134 e. The minimum Gasteiger partial charge on any atom is -0.497 e. The van der Waals surface area contributed by atoms with Crippen molar-refractivity contribution in [2.75, 3.05) is 7.11 Å². The second-order valence-corrected chi connectivity index (χ2v) is 4.27. The Morgan fingerprint density at radius 1 is 1.00 bits per heavy atom. The van der Waals surface area contributed by atoms with Gasteiger partial charge in [0.2, 0.25) is 0 Å². The van der Waals surface area contributed by atoms with E-state index >= 15 is 0 Å². The molecule has 0 fully saturated rings. The lowest BCUT2D eigenvalue weighted by Crippen LogP contribution is -2.07. The predicted octanol–water partition coefficient (Wildman–Crippen LogP) is 3.95. The van der Waals surface area contributed by atoms with Crippen LogP contribution in [0.1, 0.15) is 24.0 Å². The molecule has 2 nitrogen and oxygen atoms in total. The largest absolute Gasteiger partial charge is 0.497 e. The average Bonchev–Trinajstić information content (AvgIpc) is 2.38. The lowest BCUT2D eigenvalue weighted by molar-refractivity contribution is 0.404.